The summed E-state index contributed by atoms with van der Waals surface area (Å²) in [5.41, 5.74) is -2.80. The smallest absolute Gasteiger partial charge is 0.319 e. The molecule has 1 aromatic heterocycles. The van der Waals surface area contributed by atoms with E-state index in [4.69, 9.17) is 9.79 Å². The molecule has 0 amide bonds. The van der Waals surface area contributed by atoms with Gasteiger partial charge >= 0.3 is 13.8 Å². The molecule has 0 aliphatic carbocycles. The van der Waals surface area contributed by atoms with Crippen molar-refractivity contribution in [1.82, 2.24) is 5.16 Å². The Kier molecular flexibility index (Phi) is 3.60. The lowest BCUT2D eigenvalue weighted by atomic mass is 10.4. The Morgan fingerprint density at radius 1 is 1.50 bits per heavy atom. The van der Waals surface area contributed by atoms with Crippen molar-refractivity contribution in [1.29, 1.82) is 0 Å². The Bertz CT molecular complexity index is 351. The zero-order chi connectivity index (χ0) is 10.8. The van der Waals surface area contributed by atoms with Crippen molar-refractivity contribution in [3.63, 3.8) is 0 Å². The maximum atomic E-state index is 10.7. The Balaban J connectivity index is 3.05. The highest BCUT2D eigenvalue weighted by Gasteiger charge is 2.42. The highest BCUT2D eigenvalue weighted by Crippen LogP contribution is 2.47. The molecule has 14 heavy (non-hydrogen) atoms. The Labute approximate surface area is 78.9 Å². The fraction of sp³-hybridized carbons (Fsp3) is 0.250. The van der Waals surface area contributed by atoms with E-state index in [0.29, 0.717) is 0 Å². The molecule has 0 spiro atoms. The molecule has 0 aliphatic rings. The molecule has 3 N–H and O–H groups in total. The van der Waals surface area contributed by atoms with Crippen LogP contribution in [0.4, 0.5) is 0 Å². The monoisotopic (exact) mass is 243 g/mol. The molecule has 0 saturated carbocycles. The van der Waals surface area contributed by atoms with Gasteiger partial charge in [0.2, 0.25) is 5.76 Å². The minimum atomic E-state index is -3.67. The molecule has 10 heteroatoms. The minimum absolute atomic E-state index is 0.503. The SMILES string of the molecule is O=[PH](O)OC(O)(c1ccno1)[PH](=O)O. The van der Waals surface area contributed by atoms with Crippen LogP contribution in [-0.2, 0) is 19.2 Å². The Morgan fingerprint density at radius 3 is 2.50 bits per heavy atom. The van der Waals surface area contributed by atoms with Crippen molar-refractivity contribution in [2.24, 2.45) is 0 Å². The van der Waals surface area contributed by atoms with Crippen molar-refractivity contribution >= 4 is 16.3 Å². The van der Waals surface area contributed by atoms with Gasteiger partial charge in [-0.05, 0) is 0 Å². The van der Waals surface area contributed by atoms with E-state index in [1.54, 1.807) is 0 Å². The number of nitrogens with zero attached hydrogens (tertiary/aromatic N) is 1. The van der Waals surface area contributed by atoms with Crippen molar-refractivity contribution < 1.29 is 33.1 Å². The Hall–Kier alpha value is -0.490. The third-order valence-electron chi connectivity index (χ3n) is 1.30. The summed E-state index contributed by atoms with van der Waals surface area (Å²) in [6.45, 7) is 0. The van der Waals surface area contributed by atoms with E-state index in [1.807, 2.05) is 0 Å². The summed E-state index contributed by atoms with van der Waals surface area (Å²) in [4.78, 5) is 17.1. The highest BCUT2D eigenvalue weighted by molar-refractivity contribution is 7.40. The molecule has 0 aliphatic heterocycles. The number of rotatable bonds is 4. The predicted molar refractivity (Wildman–Crippen MR) is 43.9 cm³/mol. The van der Waals surface area contributed by atoms with Crippen molar-refractivity contribution in [3.8, 4) is 0 Å². The van der Waals surface area contributed by atoms with Crippen LogP contribution in [0.15, 0.2) is 16.8 Å². The van der Waals surface area contributed by atoms with Crippen LogP contribution in [0.25, 0.3) is 0 Å². The third-order valence-corrected chi connectivity index (χ3v) is 2.90. The number of aliphatic hydroxyl groups is 1. The summed E-state index contributed by atoms with van der Waals surface area (Å²) < 4.78 is 29.5. The van der Waals surface area contributed by atoms with Crippen molar-refractivity contribution in [2.75, 3.05) is 0 Å². The fourth-order valence-electron chi connectivity index (χ4n) is 0.716. The lowest BCUT2D eigenvalue weighted by Gasteiger charge is -2.19. The van der Waals surface area contributed by atoms with Crippen LogP contribution in [0, 0.1) is 0 Å². The second-order valence-electron chi connectivity index (χ2n) is 2.19. The van der Waals surface area contributed by atoms with E-state index in [9.17, 15) is 14.2 Å². The predicted octanol–water partition coefficient (Wildman–Crippen LogP) is -0.357. The van der Waals surface area contributed by atoms with E-state index in [1.165, 1.54) is 0 Å². The minimum Gasteiger partial charge on any atom is -0.355 e. The molecule has 1 rings (SSSR count). The van der Waals surface area contributed by atoms with E-state index < -0.39 is 27.6 Å². The maximum absolute atomic E-state index is 10.7. The van der Waals surface area contributed by atoms with Gasteiger partial charge in [0.15, 0.2) is 0 Å². The first-order valence-electron chi connectivity index (χ1n) is 3.25. The lowest BCUT2D eigenvalue weighted by Crippen LogP contribution is -2.21. The van der Waals surface area contributed by atoms with Gasteiger partial charge in [0.1, 0.15) is 0 Å². The fourth-order valence-corrected chi connectivity index (χ4v) is 2.02. The summed E-state index contributed by atoms with van der Waals surface area (Å²) in [6.07, 6.45) is 1.09. The summed E-state index contributed by atoms with van der Waals surface area (Å²) in [7, 11) is -7.26. The molecule has 3 unspecified atom stereocenters. The summed E-state index contributed by atoms with van der Waals surface area (Å²) >= 11 is 0. The average molecular weight is 243 g/mol. The number of hydrogen-bond acceptors (Lipinski definition) is 6. The number of hydrogen-bond donors (Lipinski definition) is 3. The lowest BCUT2D eigenvalue weighted by molar-refractivity contribution is -0.0919. The zero-order valence-corrected chi connectivity index (χ0v) is 8.58. The third kappa shape index (κ3) is 2.30. The van der Waals surface area contributed by atoms with Gasteiger partial charge in [-0.3, -0.25) is 13.7 Å². The van der Waals surface area contributed by atoms with Gasteiger partial charge in [-0.15, -0.1) is 0 Å². The first-order chi connectivity index (χ1) is 6.47. The van der Waals surface area contributed by atoms with Gasteiger partial charge in [-0.25, -0.2) is 0 Å². The van der Waals surface area contributed by atoms with Crippen molar-refractivity contribution in [2.45, 2.75) is 5.53 Å². The number of aromatic nitrogens is 1. The molecule has 3 atom stereocenters. The molecular weight excluding hydrogens is 236 g/mol. The van der Waals surface area contributed by atoms with Crippen LogP contribution >= 0.6 is 16.3 Å². The topological polar surface area (TPSA) is 130 Å². The molecule has 0 bridgehead atoms. The summed E-state index contributed by atoms with van der Waals surface area (Å²) in [5, 5.41) is 12.6. The van der Waals surface area contributed by atoms with Gasteiger partial charge in [0, 0.05) is 6.07 Å². The molecule has 80 valence electrons. The molecular formula is C4H7NO7P2. The standard InChI is InChI=1S/C4H7NO7P2/c6-4(13(7)8,12-14(9)10)3-1-2-5-11-3/h1-2,6,13-14H,(H,7,8)(H,9,10). The van der Waals surface area contributed by atoms with Gasteiger partial charge in [0.25, 0.3) is 8.03 Å². The maximum Gasteiger partial charge on any atom is 0.319 e. The van der Waals surface area contributed by atoms with E-state index >= 15 is 0 Å². The zero-order valence-electron chi connectivity index (χ0n) is 6.58. The van der Waals surface area contributed by atoms with Crippen LogP contribution in [-0.4, -0.2) is 20.1 Å². The van der Waals surface area contributed by atoms with Crippen LogP contribution in [0.3, 0.4) is 0 Å². The molecule has 8 nitrogen and oxygen atoms in total. The molecule has 0 fully saturated rings. The van der Waals surface area contributed by atoms with Gasteiger partial charge in [-0.2, -0.15) is 0 Å². The first kappa shape index (κ1) is 11.6. The highest BCUT2D eigenvalue weighted by atomic mass is 31.1. The van der Waals surface area contributed by atoms with E-state index in [-0.39, 0.29) is 0 Å². The van der Waals surface area contributed by atoms with Crippen LogP contribution < -0.4 is 0 Å². The second kappa shape index (κ2) is 4.35. The second-order valence-corrected chi connectivity index (χ2v) is 4.22. The molecule has 1 aromatic rings. The van der Waals surface area contributed by atoms with Crippen LogP contribution in [0.5, 0.6) is 0 Å². The average Bonchev–Trinajstić information content (AvgIpc) is 2.53. The van der Waals surface area contributed by atoms with E-state index in [0.717, 1.165) is 12.3 Å². The normalized spacial score (nSPS) is 19.9. The largest absolute Gasteiger partial charge is 0.355 e. The van der Waals surface area contributed by atoms with Crippen molar-refractivity contribution in [3.05, 3.63) is 18.0 Å². The summed E-state index contributed by atoms with van der Waals surface area (Å²) in [5.74, 6) is -0.503. The molecule has 0 aromatic carbocycles. The van der Waals surface area contributed by atoms with Crippen LogP contribution in [0.2, 0.25) is 0 Å². The van der Waals surface area contributed by atoms with Gasteiger partial charge < -0.3 is 19.4 Å². The quantitative estimate of drug-likeness (QED) is 0.482. The molecule has 0 saturated heterocycles. The summed E-state index contributed by atoms with van der Waals surface area (Å²) in [6, 6.07) is 1.05. The molecule has 0 radical (unpaired) electrons. The Morgan fingerprint density at radius 2 is 2.14 bits per heavy atom. The van der Waals surface area contributed by atoms with E-state index in [2.05, 4.69) is 14.2 Å². The molecule has 1 heterocycles. The van der Waals surface area contributed by atoms with Gasteiger partial charge in [0.05, 0.1) is 6.20 Å². The van der Waals surface area contributed by atoms with Crippen LogP contribution in [0.1, 0.15) is 5.76 Å². The van der Waals surface area contributed by atoms with Gasteiger partial charge in [-0.1, -0.05) is 5.16 Å². The first-order valence-corrected chi connectivity index (χ1v) is 5.87.